The molecule has 10 heteroatoms. The van der Waals surface area contributed by atoms with Gasteiger partial charge in [-0.05, 0) is 49.7 Å². The van der Waals surface area contributed by atoms with Gasteiger partial charge in [-0.2, -0.15) is 5.10 Å². The fraction of sp³-hybridized carbons (Fsp3) is 0.130. The number of nitrogens with one attached hydrogen (secondary N) is 1. The number of carbonyl (C=O) groups is 1. The molecular weight excluding hydrogens is 447 g/mol. The van der Waals surface area contributed by atoms with Crippen LogP contribution in [0.25, 0.3) is 22.4 Å². The van der Waals surface area contributed by atoms with Gasteiger partial charge in [0.25, 0.3) is 0 Å². The van der Waals surface area contributed by atoms with Gasteiger partial charge in [0.1, 0.15) is 17.9 Å². The van der Waals surface area contributed by atoms with Gasteiger partial charge in [0, 0.05) is 18.0 Å². The Morgan fingerprint density at radius 1 is 1.09 bits per heavy atom. The number of aryl methyl sites for hydroxylation is 2. The normalized spacial score (nSPS) is 11.4. The lowest BCUT2D eigenvalue weighted by atomic mass is 10.0. The number of nitrogens with zero attached hydrogens (tertiary/aromatic N) is 5. The molecule has 166 valence electrons. The lowest BCUT2D eigenvalue weighted by Crippen LogP contribution is -2.28. The van der Waals surface area contributed by atoms with Crippen LogP contribution in [0.5, 0.6) is 0 Å². The third-order valence-corrected chi connectivity index (χ3v) is 5.67. The number of halogens is 2. The maximum atomic E-state index is 13.2. The second-order valence-electron chi connectivity index (χ2n) is 7.78. The summed E-state index contributed by atoms with van der Waals surface area (Å²) in [6.07, 6.45) is 3.23. The van der Waals surface area contributed by atoms with E-state index in [0.29, 0.717) is 11.2 Å². The smallest absolute Gasteiger partial charge is 0.323 e. The molecular formula is C23H18ClFN6O2. The van der Waals surface area contributed by atoms with Crippen LogP contribution in [-0.2, 0) is 11.3 Å². The first-order valence-corrected chi connectivity index (χ1v) is 10.5. The van der Waals surface area contributed by atoms with Crippen LogP contribution in [0.3, 0.4) is 0 Å². The van der Waals surface area contributed by atoms with Crippen LogP contribution in [0.4, 0.5) is 10.1 Å². The zero-order chi connectivity index (χ0) is 23.3. The molecule has 1 amide bonds. The quantitative estimate of drug-likeness (QED) is 0.437. The van der Waals surface area contributed by atoms with E-state index in [1.807, 2.05) is 32.0 Å². The third-order valence-electron chi connectivity index (χ3n) is 5.36. The monoisotopic (exact) mass is 464 g/mol. The van der Waals surface area contributed by atoms with Gasteiger partial charge in [-0.3, -0.25) is 4.79 Å². The van der Waals surface area contributed by atoms with Gasteiger partial charge in [0.15, 0.2) is 5.65 Å². The number of fused-ring (bicyclic) bond motifs is 3. The van der Waals surface area contributed by atoms with E-state index in [4.69, 9.17) is 11.6 Å². The van der Waals surface area contributed by atoms with Crippen molar-refractivity contribution in [3.63, 3.8) is 0 Å². The van der Waals surface area contributed by atoms with Gasteiger partial charge in [-0.25, -0.2) is 22.8 Å². The molecule has 0 unspecified atom stereocenters. The van der Waals surface area contributed by atoms with Crippen molar-refractivity contribution in [2.45, 2.75) is 20.4 Å². The molecule has 2 aromatic carbocycles. The van der Waals surface area contributed by atoms with E-state index < -0.39 is 17.4 Å². The fourth-order valence-electron chi connectivity index (χ4n) is 3.70. The average Bonchev–Trinajstić information content (AvgIpc) is 3.33. The Balaban J connectivity index is 1.51. The maximum absolute atomic E-state index is 13.2. The summed E-state index contributed by atoms with van der Waals surface area (Å²) in [5, 5.41) is 11.6. The van der Waals surface area contributed by atoms with Crippen LogP contribution in [0.2, 0.25) is 5.02 Å². The van der Waals surface area contributed by atoms with Gasteiger partial charge in [0.05, 0.1) is 16.4 Å². The van der Waals surface area contributed by atoms with E-state index in [1.54, 1.807) is 16.9 Å². The van der Waals surface area contributed by atoms with Crippen molar-refractivity contribution in [2.24, 2.45) is 0 Å². The van der Waals surface area contributed by atoms with E-state index in [1.165, 1.54) is 16.5 Å². The van der Waals surface area contributed by atoms with Crippen molar-refractivity contribution in [1.29, 1.82) is 0 Å². The van der Waals surface area contributed by atoms with Gasteiger partial charge >= 0.3 is 5.69 Å². The highest BCUT2D eigenvalue weighted by Crippen LogP contribution is 2.26. The standard InChI is InChI=1S/C23H18ClFN6O2/c1-13-3-4-14(2)16(9-13)19-11-20-22-28-31(23(33)29(22)7-8-30(20)27-19)12-21(32)26-18-6-5-15(25)10-17(18)24/h3-11H,12H2,1-2H3,(H,26,32). The molecule has 0 radical (unpaired) electrons. The molecule has 8 nitrogen and oxygen atoms in total. The summed E-state index contributed by atoms with van der Waals surface area (Å²) in [5.74, 6) is -1.03. The number of rotatable bonds is 4. The number of hydrogen-bond donors (Lipinski definition) is 1. The van der Waals surface area contributed by atoms with E-state index >= 15 is 0 Å². The molecule has 3 aromatic heterocycles. The first kappa shape index (κ1) is 20.9. The van der Waals surface area contributed by atoms with E-state index in [9.17, 15) is 14.0 Å². The second-order valence-corrected chi connectivity index (χ2v) is 8.19. The summed E-state index contributed by atoms with van der Waals surface area (Å²) in [7, 11) is 0. The third kappa shape index (κ3) is 3.76. The Hall–Kier alpha value is -3.98. The van der Waals surface area contributed by atoms with Crippen LogP contribution >= 0.6 is 11.6 Å². The lowest BCUT2D eigenvalue weighted by Gasteiger charge is -2.06. The number of aromatic nitrogens is 5. The van der Waals surface area contributed by atoms with E-state index in [0.717, 1.165) is 33.1 Å². The summed E-state index contributed by atoms with van der Waals surface area (Å²) in [4.78, 5) is 25.3. The van der Waals surface area contributed by atoms with Crippen LogP contribution in [0, 0.1) is 19.7 Å². The minimum Gasteiger partial charge on any atom is -0.323 e. The number of anilines is 1. The Bertz CT molecular complexity index is 1620. The number of benzene rings is 2. The van der Waals surface area contributed by atoms with Gasteiger partial charge < -0.3 is 5.32 Å². The highest BCUT2D eigenvalue weighted by atomic mass is 35.5. The molecule has 0 saturated carbocycles. The van der Waals surface area contributed by atoms with Crippen molar-refractivity contribution in [2.75, 3.05) is 5.32 Å². The topological polar surface area (TPSA) is 85.7 Å². The molecule has 0 bridgehead atoms. The van der Waals surface area contributed by atoms with Crippen LogP contribution in [-0.4, -0.2) is 29.7 Å². The van der Waals surface area contributed by atoms with Crippen molar-refractivity contribution in [3.8, 4) is 11.3 Å². The summed E-state index contributed by atoms with van der Waals surface area (Å²) in [5.41, 5.74) is 4.73. The zero-order valence-electron chi connectivity index (χ0n) is 17.7. The number of hydrogen-bond acceptors (Lipinski definition) is 4. The summed E-state index contributed by atoms with van der Waals surface area (Å²) in [6, 6.07) is 11.6. The number of carbonyl (C=O) groups excluding carboxylic acids is 1. The van der Waals surface area contributed by atoms with Crippen molar-refractivity contribution < 1.29 is 9.18 Å². The Morgan fingerprint density at radius 3 is 2.70 bits per heavy atom. The zero-order valence-corrected chi connectivity index (χ0v) is 18.5. The minimum atomic E-state index is -0.519. The first-order valence-electron chi connectivity index (χ1n) is 10.1. The fourth-order valence-corrected chi connectivity index (χ4v) is 3.91. The highest BCUT2D eigenvalue weighted by molar-refractivity contribution is 6.33. The molecule has 0 spiro atoms. The van der Waals surface area contributed by atoms with Gasteiger partial charge in [-0.1, -0.05) is 29.3 Å². The molecule has 5 rings (SSSR count). The second kappa shape index (κ2) is 7.86. The molecule has 0 atom stereocenters. The Labute approximate surface area is 191 Å². The minimum absolute atomic E-state index is 0.0608. The predicted molar refractivity (Wildman–Crippen MR) is 123 cm³/mol. The van der Waals surface area contributed by atoms with Gasteiger partial charge in [-0.15, -0.1) is 5.10 Å². The molecule has 0 saturated heterocycles. The largest absolute Gasteiger partial charge is 0.350 e. The molecule has 3 heterocycles. The number of amides is 1. The Kier molecular flexibility index (Phi) is 4.98. The van der Waals surface area contributed by atoms with Crippen LogP contribution in [0.15, 0.2) is 59.7 Å². The summed E-state index contributed by atoms with van der Waals surface area (Å²) in [6.45, 7) is 3.69. The average molecular weight is 465 g/mol. The molecule has 33 heavy (non-hydrogen) atoms. The summed E-state index contributed by atoms with van der Waals surface area (Å²) < 4.78 is 17.3. The highest BCUT2D eigenvalue weighted by Gasteiger charge is 2.16. The summed E-state index contributed by atoms with van der Waals surface area (Å²) >= 11 is 5.96. The van der Waals surface area contributed by atoms with E-state index in [2.05, 4.69) is 21.6 Å². The van der Waals surface area contributed by atoms with Crippen molar-refractivity contribution >= 4 is 34.4 Å². The van der Waals surface area contributed by atoms with Crippen molar-refractivity contribution in [3.05, 3.63) is 87.3 Å². The SMILES string of the molecule is Cc1ccc(C)c(-c2cc3c4nn(CC(=O)Nc5ccc(F)cc5Cl)c(=O)n4ccn3n2)c1. The van der Waals surface area contributed by atoms with Crippen LogP contribution in [0.1, 0.15) is 11.1 Å². The predicted octanol–water partition coefficient (Wildman–Crippen LogP) is 3.86. The van der Waals surface area contributed by atoms with Crippen LogP contribution < -0.4 is 11.0 Å². The lowest BCUT2D eigenvalue weighted by molar-refractivity contribution is -0.117. The molecule has 1 N–H and O–H groups in total. The van der Waals surface area contributed by atoms with Crippen molar-refractivity contribution in [1.82, 2.24) is 23.8 Å². The first-order chi connectivity index (χ1) is 15.8. The maximum Gasteiger partial charge on any atom is 0.350 e. The molecule has 5 aromatic rings. The van der Waals surface area contributed by atoms with E-state index in [-0.39, 0.29) is 17.3 Å². The van der Waals surface area contributed by atoms with Gasteiger partial charge in [0.2, 0.25) is 5.91 Å². The molecule has 0 aliphatic rings. The molecule has 0 fully saturated rings. The Morgan fingerprint density at radius 2 is 1.91 bits per heavy atom. The molecule has 0 aliphatic heterocycles. The molecule has 0 aliphatic carbocycles.